The molecule has 0 bridgehead atoms. The number of benzene rings is 1. The molecule has 1 aliphatic heterocycles. The molecule has 1 spiro atoms. The molecule has 1 aromatic carbocycles. The number of para-hydroxylation sites is 1. The minimum absolute atomic E-state index is 0.215. The van der Waals surface area contributed by atoms with Crippen LogP contribution in [0.5, 0.6) is 5.75 Å². The van der Waals surface area contributed by atoms with Gasteiger partial charge < -0.3 is 9.47 Å². The molecule has 3 rings (SSSR count). The second-order valence-electron chi connectivity index (χ2n) is 6.44. The first kappa shape index (κ1) is 13.7. The Kier molecular flexibility index (Phi) is 3.01. The largest absolute Gasteiger partial charge is 0.482 e. The average molecular weight is 340 g/mol. The van der Waals surface area contributed by atoms with E-state index < -0.39 is 5.60 Å². The second kappa shape index (κ2) is 4.38. The molecule has 2 aliphatic rings. The number of hydrogen-bond acceptors (Lipinski definition) is 3. The number of amides is 1. The molecule has 1 heterocycles. The first-order valence-electron chi connectivity index (χ1n) is 6.78. The van der Waals surface area contributed by atoms with Crippen molar-refractivity contribution in [2.75, 3.05) is 11.4 Å². The van der Waals surface area contributed by atoms with Gasteiger partial charge in [-0.1, -0.05) is 6.07 Å². The zero-order valence-electron chi connectivity index (χ0n) is 11.9. The van der Waals surface area contributed by atoms with Crippen molar-refractivity contribution in [1.82, 2.24) is 0 Å². The summed E-state index contributed by atoms with van der Waals surface area (Å²) in [6.07, 6.45) is 1.64. The van der Waals surface area contributed by atoms with Gasteiger partial charge in [0.1, 0.15) is 11.2 Å². The molecule has 1 aromatic rings. The van der Waals surface area contributed by atoms with Crippen molar-refractivity contribution in [2.24, 2.45) is 0 Å². The number of anilines is 1. The van der Waals surface area contributed by atoms with E-state index in [0.717, 1.165) is 28.8 Å². The summed E-state index contributed by atoms with van der Waals surface area (Å²) in [6.45, 7) is 6.19. The van der Waals surface area contributed by atoms with Crippen LogP contribution < -0.4 is 9.64 Å². The maximum absolute atomic E-state index is 12.4. The van der Waals surface area contributed by atoms with E-state index in [2.05, 4.69) is 15.9 Å². The molecule has 4 nitrogen and oxygen atoms in total. The van der Waals surface area contributed by atoms with Crippen LogP contribution in [0.4, 0.5) is 10.5 Å². The predicted molar refractivity (Wildman–Crippen MR) is 80.3 cm³/mol. The van der Waals surface area contributed by atoms with Gasteiger partial charge in [-0.15, -0.1) is 0 Å². The van der Waals surface area contributed by atoms with Gasteiger partial charge in [0, 0.05) is 0 Å². The van der Waals surface area contributed by atoms with Crippen LogP contribution in [0.3, 0.4) is 0 Å². The monoisotopic (exact) mass is 339 g/mol. The van der Waals surface area contributed by atoms with E-state index in [-0.39, 0.29) is 11.7 Å². The van der Waals surface area contributed by atoms with Gasteiger partial charge in [-0.05, 0) is 61.7 Å². The van der Waals surface area contributed by atoms with E-state index in [4.69, 9.17) is 9.47 Å². The number of fused-ring (bicyclic) bond motifs is 1. The molecule has 0 saturated heterocycles. The van der Waals surface area contributed by atoms with Crippen molar-refractivity contribution in [3.8, 4) is 5.75 Å². The van der Waals surface area contributed by atoms with E-state index in [0.29, 0.717) is 6.54 Å². The summed E-state index contributed by atoms with van der Waals surface area (Å²) < 4.78 is 12.5. The van der Waals surface area contributed by atoms with Gasteiger partial charge >= 0.3 is 6.09 Å². The Morgan fingerprint density at radius 3 is 2.70 bits per heavy atom. The van der Waals surface area contributed by atoms with Crippen molar-refractivity contribution in [3.63, 3.8) is 0 Å². The number of rotatable bonds is 0. The molecule has 0 N–H and O–H groups in total. The molecule has 0 aromatic heterocycles. The van der Waals surface area contributed by atoms with Crippen molar-refractivity contribution in [1.29, 1.82) is 0 Å². The third kappa shape index (κ3) is 2.51. The highest BCUT2D eigenvalue weighted by atomic mass is 79.9. The zero-order chi connectivity index (χ0) is 14.5. The number of hydrogen-bond donors (Lipinski definition) is 0. The molecule has 20 heavy (non-hydrogen) atoms. The lowest BCUT2D eigenvalue weighted by Gasteiger charge is -2.36. The lowest BCUT2D eigenvalue weighted by atomic mass is 10.1. The summed E-state index contributed by atoms with van der Waals surface area (Å²) in [5, 5.41) is 0. The van der Waals surface area contributed by atoms with E-state index in [1.54, 1.807) is 4.90 Å². The van der Waals surface area contributed by atoms with Gasteiger partial charge in [-0.3, -0.25) is 4.90 Å². The summed E-state index contributed by atoms with van der Waals surface area (Å²) in [4.78, 5) is 14.1. The van der Waals surface area contributed by atoms with Crippen LogP contribution in [0.25, 0.3) is 0 Å². The van der Waals surface area contributed by atoms with Crippen molar-refractivity contribution >= 4 is 27.7 Å². The summed E-state index contributed by atoms with van der Waals surface area (Å²) in [5.74, 6) is 0.738. The number of carbonyl (C=O) groups excluding carboxylic acids is 1. The minimum Gasteiger partial charge on any atom is -0.482 e. The summed E-state index contributed by atoms with van der Waals surface area (Å²) in [7, 11) is 0. The number of halogens is 1. The molecule has 108 valence electrons. The van der Waals surface area contributed by atoms with E-state index >= 15 is 0 Å². The number of ether oxygens (including phenoxy) is 2. The smallest absolute Gasteiger partial charge is 0.415 e. The molecular weight excluding hydrogens is 322 g/mol. The highest BCUT2D eigenvalue weighted by molar-refractivity contribution is 9.10. The highest BCUT2D eigenvalue weighted by Gasteiger charge is 2.52. The minimum atomic E-state index is -0.502. The second-order valence-corrected chi connectivity index (χ2v) is 7.29. The van der Waals surface area contributed by atoms with Crippen molar-refractivity contribution < 1.29 is 14.3 Å². The SMILES string of the molecule is CC(C)(C)OC(=O)N1CC2(CC2)Oc2c(Br)cccc21. The van der Waals surface area contributed by atoms with Gasteiger partial charge in [-0.25, -0.2) is 4.79 Å². The molecule has 0 radical (unpaired) electrons. The van der Waals surface area contributed by atoms with Crippen molar-refractivity contribution in [3.05, 3.63) is 22.7 Å². The van der Waals surface area contributed by atoms with Crippen LogP contribution in [0, 0.1) is 0 Å². The third-order valence-electron chi connectivity index (χ3n) is 3.42. The molecule has 1 fully saturated rings. The normalized spacial score (nSPS) is 19.3. The zero-order valence-corrected chi connectivity index (χ0v) is 13.5. The fourth-order valence-electron chi connectivity index (χ4n) is 2.31. The number of nitrogens with zero attached hydrogens (tertiary/aromatic N) is 1. The molecule has 1 amide bonds. The van der Waals surface area contributed by atoms with Gasteiger partial charge in [0.15, 0.2) is 5.75 Å². The van der Waals surface area contributed by atoms with E-state index in [1.165, 1.54) is 0 Å². The van der Waals surface area contributed by atoms with Gasteiger partial charge in [0.05, 0.1) is 16.7 Å². The third-order valence-corrected chi connectivity index (χ3v) is 4.05. The maximum Gasteiger partial charge on any atom is 0.415 e. The first-order chi connectivity index (χ1) is 9.30. The standard InChI is InChI=1S/C15H18BrNO3/c1-14(2,3)20-13(18)17-9-15(7-8-15)19-12-10(16)5-4-6-11(12)17/h4-6H,7-9H2,1-3H3. The fraction of sp³-hybridized carbons (Fsp3) is 0.533. The van der Waals surface area contributed by atoms with Crippen LogP contribution in [0.15, 0.2) is 22.7 Å². The Labute approximate surface area is 127 Å². The Morgan fingerprint density at radius 1 is 1.40 bits per heavy atom. The van der Waals surface area contributed by atoms with Crippen LogP contribution in [0.2, 0.25) is 0 Å². The lowest BCUT2D eigenvalue weighted by molar-refractivity contribution is 0.0537. The van der Waals surface area contributed by atoms with Crippen molar-refractivity contribution in [2.45, 2.75) is 44.8 Å². The van der Waals surface area contributed by atoms with Gasteiger partial charge in [-0.2, -0.15) is 0 Å². The lowest BCUT2D eigenvalue weighted by Crippen LogP contribution is -2.47. The molecule has 0 atom stereocenters. The number of carbonyl (C=O) groups is 1. The Morgan fingerprint density at radius 2 is 2.10 bits per heavy atom. The summed E-state index contributed by atoms with van der Waals surface area (Å²) in [5.41, 5.74) is 0.0534. The van der Waals surface area contributed by atoms with Crippen LogP contribution >= 0.6 is 15.9 Å². The van der Waals surface area contributed by atoms with Gasteiger partial charge in [0.25, 0.3) is 0 Å². The van der Waals surface area contributed by atoms with Crippen LogP contribution in [-0.4, -0.2) is 23.8 Å². The topological polar surface area (TPSA) is 38.8 Å². The Bertz CT molecular complexity index is 561. The van der Waals surface area contributed by atoms with Crippen LogP contribution in [0.1, 0.15) is 33.6 Å². The molecule has 1 saturated carbocycles. The quantitative estimate of drug-likeness (QED) is 0.713. The average Bonchev–Trinajstić information content (AvgIpc) is 3.07. The van der Waals surface area contributed by atoms with E-state index in [1.807, 2.05) is 39.0 Å². The Balaban J connectivity index is 1.96. The highest BCUT2D eigenvalue weighted by Crippen LogP contribution is 2.50. The molecule has 1 aliphatic carbocycles. The Hall–Kier alpha value is -1.23. The van der Waals surface area contributed by atoms with E-state index in [9.17, 15) is 4.79 Å². The fourth-order valence-corrected chi connectivity index (χ4v) is 2.75. The molecular formula is C15H18BrNO3. The molecule has 5 heteroatoms. The summed E-state index contributed by atoms with van der Waals surface area (Å²) >= 11 is 3.50. The summed E-state index contributed by atoms with van der Waals surface area (Å²) in [6, 6.07) is 5.71. The molecule has 0 unspecified atom stereocenters. The first-order valence-corrected chi connectivity index (χ1v) is 7.57. The predicted octanol–water partition coefficient (Wildman–Crippen LogP) is 4.12. The van der Waals surface area contributed by atoms with Crippen LogP contribution in [-0.2, 0) is 4.74 Å². The van der Waals surface area contributed by atoms with Gasteiger partial charge in [0.2, 0.25) is 0 Å². The maximum atomic E-state index is 12.4.